The van der Waals surface area contributed by atoms with Gasteiger partial charge in [0.2, 0.25) is 0 Å². The molecule has 0 fully saturated rings. The lowest BCUT2D eigenvalue weighted by Gasteiger charge is -2.09. The number of nitriles is 1. The fraction of sp³-hybridized carbons (Fsp3) is 0.200. The minimum Gasteiger partial charge on any atom is -0.493 e. The van der Waals surface area contributed by atoms with Gasteiger partial charge in [-0.25, -0.2) is 0 Å². The van der Waals surface area contributed by atoms with Crippen LogP contribution in [0.5, 0.6) is 5.75 Å². The largest absolute Gasteiger partial charge is 0.493 e. The quantitative estimate of drug-likeness (QED) is 0.613. The molecule has 0 unspecified atom stereocenters. The molecule has 5 heteroatoms. The lowest BCUT2D eigenvalue weighted by Crippen LogP contribution is -2.13. The second-order valence-corrected chi connectivity index (χ2v) is 6.05. The minimum absolute atomic E-state index is 0.0256. The van der Waals surface area contributed by atoms with Gasteiger partial charge in [-0.05, 0) is 68.3 Å². The summed E-state index contributed by atoms with van der Waals surface area (Å²) in [6, 6.07) is 12.7. The second kappa shape index (κ2) is 8.36. The molecule has 2 aromatic rings. The normalized spacial score (nSPS) is 10.9. The lowest BCUT2D eigenvalue weighted by molar-refractivity contribution is -0.112. The van der Waals surface area contributed by atoms with Crippen molar-refractivity contribution in [3.05, 3.63) is 63.7 Å². The van der Waals surface area contributed by atoms with Crippen LogP contribution in [-0.4, -0.2) is 12.5 Å². The Morgan fingerprint density at radius 2 is 1.92 bits per heavy atom. The van der Waals surface area contributed by atoms with E-state index in [1.54, 1.807) is 18.2 Å². The number of rotatable bonds is 5. The van der Waals surface area contributed by atoms with Gasteiger partial charge in [0.1, 0.15) is 17.4 Å². The van der Waals surface area contributed by atoms with E-state index in [0.29, 0.717) is 28.6 Å². The number of benzene rings is 2. The average molecular weight is 355 g/mol. The number of hydrogen-bond acceptors (Lipinski definition) is 3. The number of nitrogens with zero attached hydrogens (tertiary/aromatic N) is 1. The van der Waals surface area contributed by atoms with Gasteiger partial charge in [-0.15, -0.1) is 0 Å². The molecule has 0 spiro atoms. The number of aryl methyl sites for hydroxylation is 2. The summed E-state index contributed by atoms with van der Waals surface area (Å²) in [6.07, 6.45) is 1.48. The molecule has 2 aromatic carbocycles. The van der Waals surface area contributed by atoms with E-state index in [9.17, 15) is 10.1 Å². The van der Waals surface area contributed by atoms with Crippen molar-refractivity contribution in [3.8, 4) is 11.8 Å². The zero-order valence-electron chi connectivity index (χ0n) is 14.4. The summed E-state index contributed by atoms with van der Waals surface area (Å²) in [5.41, 5.74) is 3.28. The second-order valence-electron chi connectivity index (χ2n) is 5.62. The van der Waals surface area contributed by atoms with Gasteiger partial charge in [0, 0.05) is 16.3 Å². The number of carbonyl (C=O) groups excluding carboxylic acids is 1. The summed E-state index contributed by atoms with van der Waals surface area (Å²) >= 11 is 6.02. The maximum atomic E-state index is 12.4. The first-order valence-corrected chi connectivity index (χ1v) is 8.24. The Kier molecular flexibility index (Phi) is 6.21. The van der Waals surface area contributed by atoms with E-state index in [-0.39, 0.29) is 5.57 Å². The Bertz CT molecular complexity index is 846. The number of amides is 1. The molecule has 0 radical (unpaired) electrons. The van der Waals surface area contributed by atoms with Crippen molar-refractivity contribution in [2.75, 3.05) is 11.9 Å². The molecule has 0 aromatic heterocycles. The van der Waals surface area contributed by atoms with Crippen LogP contribution in [0, 0.1) is 25.2 Å². The first kappa shape index (κ1) is 18.6. The standard InChI is InChI=1S/C20H19ClN2O2/c1-4-25-19-6-5-17(21)11-15(19)10-16(12-22)20(24)23-18-8-13(2)7-14(3)9-18/h5-11H,4H2,1-3H3,(H,23,24)/b16-10+. The maximum absolute atomic E-state index is 12.4. The molecule has 0 heterocycles. The van der Waals surface area contributed by atoms with E-state index >= 15 is 0 Å². The summed E-state index contributed by atoms with van der Waals surface area (Å²) in [4.78, 5) is 12.4. The van der Waals surface area contributed by atoms with E-state index in [2.05, 4.69) is 5.32 Å². The SMILES string of the molecule is CCOc1ccc(Cl)cc1/C=C(\C#N)C(=O)Nc1cc(C)cc(C)c1. The molecule has 0 saturated carbocycles. The van der Waals surface area contributed by atoms with Crippen molar-refractivity contribution in [1.82, 2.24) is 0 Å². The number of carbonyl (C=O) groups is 1. The predicted molar refractivity (Wildman–Crippen MR) is 101 cm³/mol. The molecule has 25 heavy (non-hydrogen) atoms. The third kappa shape index (κ3) is 5.10. The summed E-state index contributed by atoms with van der Waals surface area (Å²) in [7, 11) is 0. The fourth-order valence-electron chi connectivity index (χ4n) is 2.47. The number of ether oxygens (including phenoxy) is 1. The van der Waals surface area contributed by atoms with Gasteiger partial charge < -0.3 is 10.1 Å². The maximum Gasteiger partial charge on any atom is 0.266 e. The zero-order valence-corrected chi connectivity index (χ0v) is 15.1. The van der Waals surface area contributed by atoms with Gasteiger partial charge in [-0.2, -0.15) is 5.26 Å². The van der Waals surface area contributed by atoms with Crippen LogP contribution in [0.2, 0.25) is 5.02 Å². The van der Waals surface area contributed by atoms with Crippen LogP contribution in [0.4, 0.5) is 5.69 Å². The topological polar surface area (TPSA) is 62.1 Å². The van der Waals surface area contributed by atoms with Crippen LogP contribution >= 0.6 is 11.6 Å². The van der Waals surface area contributed by atoms with Crippen LogP contribution in [0.15, 0.2) is 42.0 Å². The van der Waals surface area contributed by atoms with Crippen LogP contribution < -0.4 is 10.1 Å². The van der Waals surface area contributed by atoms with Gasteiger partial charge in [-0.3, -0.25) is 4.79 Å². The van der Waals surface area contributed by atoms with E-state index < -0.39 is 5.91 Å². The third-order valence-electron chi connectivity index (χ3n) is 3.42. The summed E-state index contributed by atoms with van der Waals surface area (Å²) in [5, 5.41) is 12.6. The Balaban J connectivity index is 2.32. The molecule has 1 N–H and O–H groups in total. The average Bonchev–Trinajstić information content (AvgIpc) is 2.53. The highest BCUT2D eigenvalue weighted by Crippen LogP contribution is 2.25. The van der Waals surface area contributed by atoms with Gasteiger partial charge in [-0.1, -0.05) is 17.7 Å². The highest BCUT2D eigenvalue weighted by atomic mass is 35.5. The lowest BCUT2D eigenvalue weighted by atomic mass is 10.1. The third-order valence-corrected chi connectivity index (χ3v) is 3.65. The Morgan fingerprint density at radius 1 is 1.24 bits per heavy atom. The van der Waals surface area contributed by atoms with Crippen molar-refractivity contribution in [2.45, 2.75) is 20.8 Å². The molecule has 0 bridgehead atoms. The molecular weight excluding hydrogens is 336 g/mol. The number of anilines is 1. The molecule has 4 nitrogen and oxygen atoms in total. The molecule has 2 rings (SSSR count). The zero-order chi connectivity index (χ0) is 18.4. The number of halogens is 1. The molecular formula is C20H19ClN2O2. The highest BCUT2D eigenvalue weighted by molar-refractivity contribution is 6.30. The monoisotopic (exact) mass is 354 g/mol. The summed E-state index contributed by atoms with van der Waals surface area (Å²) in [6.45, 7) is 6.23. The molecule has 0 atom stereocenters. The smallest absolute Gasteiger partial charge is 0.266 e. The van der Waals surface area contributed by atoms with E-state index in [1.807, 2.05) is 45.0 Å². The van der Waals surface area contributed by atoms with Gasteiger partial charge in [0.05, 0.1) is 6.61 Å². The van der Waals surface area contributed by atoms with Gasteiger partial charge >= 0.3 is 0 Å². The molecule has 1 amide bonds. The minimum atomic E-state index is -0.477. The van der Waals surface area contributed by atoms with Crippen molar-refractivity contribution in [1.29, 1.82) is 5.26 Å². The molecule has 0 aliphatic rings. The van der Waals surface area contributed by atoms with Gasteiger partial charge in [0.15, 0.2) is 0 Å². The molecule has 128 valence electrons. The van der Waals surface area contributed by atoms with Crippen molar-refractivity contribution < 1.29 is 9.53 Å². The Labute approximate surface area is 152 Å². The van der Waals surface area contributed by atoms with Crippen LogP contribution in [0.3, 0.4) is 0 Å². The summed E-state index contributed by atoms with van der Waals surface area (Å²) < 4.78 is 5.52. The Morgan fingerprint density at radius 3 is 2.52 bits per heavy atom. The van der Waals surface area contributed by atoms with E-state index in [0.717, 1.165) is 11.1 Å². The highest BCUT2D eigenvalue weighted by Gasteiger charge is 2.12. The van der Waals surface area contributed by atoms with Crippen molar-refractivity contribution >= 4 is 29.3 Å². The molecule has 0 aliphatic heterocycles. The summed E-state index contributed by atoms with van der Waals surface area (Å²) in [5.74, 6) is 0.0915. The first-order valence-electron chi connectivity index (χ1n) is 7.86. The number of nitrogens with one attached hydrogen (secondary N) is 1. The number of hydrogen-bond donors (Lipinski definition) is 1. The predicted octanol–water partition coefficient (Wildman–Crippen LogP) is 4.90. The fourth-order valence-corrected chi connectivity index (χ4v) is 2.65. The Hall–Kier alpha value is -2.77. The van der Waals surface area contributed by atoms with Crippen molar-refractivity contribution in [3.63, 3.8) is 0 Å². The first-order chi connectivity index (χ1) is 11.9. The van der Waals surface area contributed by atoms with E-state index in [1.165, 1.54) is 6.08 Å². The van der Waals surface area contributed by atoms with Crippen LogP contribution in [0.25, 0.3) is 6.08 Å². The molecule has 0 saturated heterocycles. The van der Waals surface area contributed by atoms with Crippen LogP contribution in [0.1, 0.15) is 23.6 Å². The molecule has 0 aliphatic carbocycles. The van der Waals surface area contributed by atoms with Crippen LogP contribution in [-0.2, 0) is 4.79 Å². The van der Waals surface area contributed by atoms with Crippen molar-refractivity contribution in [2.24, 2.45) is 0 Å². The van der Waals surface area contributed by atoms with Gasteiger partial charge in [0.25, 0.3) is 5.91 Å². The van der Waals surface area contributed by atoms with E-state index in [4.69, 9.17) is 16.3 Å².